The Bertz CT molecular complexity index is 802. The summed E-state index contributed by atoms with van der Waals surface area (Å²) in [6, 6.07) is 5.99. The number of ether oxygens (including phenoxy) is 2. The van der Waals surface area contributed by atoms with Gasteiger partial charge in [0.1, 0.15) is 0 Å². The van der Waals surface area contributed by atoms with Crippen molar-refractivity contribution in [3.05, 3.63) is 29.8 Å². The number of hydrogen-bond donors (Lipinski definition) is 0. The van der Waals surface area contributed by atoms with Gasteiger partial charge in [-0.2, -0.15) is 4.31 Å². The Kier molecular flexibility index (Phi) is 6.69. The number of amides is 1. The Morgan fingerprint density at radius 3 is 2.46 bits per heavy atom. The molecular weight excluding hydrogens is 384 g/mol. The fraction of sp³-hybridized carbons (Fsp3) is 0.579. The number of piperidine rings is 1. The minimum absolute atomic E-state index is 0.161. The first-order valence-corrected chi connectivity index (χ1v) is 11.0. The van der Waals surface area contributed by atoms with Crippen LogP contribution in [0.15, 0.2) is 29.2 Å². The molecule has 0 saturated carbocycles. The van der Waals surface area contributed by atoms with E-state index in [1.54, 1.807) is 11.8 Å². The van der Waals surface area contributed by atoms with Gasteiger partial charge in [0.05, 0.1) is 30.6 Å². The summed E-state index contributed by atoms with van der Waals surface area (Å²) in [7, 11) is -3.59. The summed E-state index contributed by atoms with van der Waals surface area (Å²) < 4.78 is 37.0. The Morgan fingerprint density at radius 1 is 1.14 bits per heavy atom. The monoisotopic (exact) mass is 410 g/mol. The molecule has 1 amide bonds. The molecule has 8 nitrogen and oxygen atoms in total. The maximum atomic E-state index is 12.8. The zero-order valence-electron chi connectivity index (χ0n) is 16.0. The van der Waals surface area contributed by atoms with Gasteiger partial charge in [0.15, 0.2) is 0 Å². The molecule has 0 N–H and O–H groups in total. The van der Waals surface area contributed by atoms with Gasteiger partial charge in [-0.25, -0.2) is 8.42 Å². The molecule has 2 heterocycles. The number of carbonyl (C=O) groups is 2. The third-order valence-electron chi connectivity index (χ3n) is 5.04. The first kappa shape index (κ1) is 20.8. The van der Waals surface area contributed by atoms with Crippen LogP contribution in [-0.2, 0) is 24.3 Å². The lowest BCUT2D eigenvalue weighted by Crippen LogP contribution is -2.43. The molecule has 0 unspecified atom stereocenters. The molecule has 2 fully saturated rings. The molecular formula is C19H26N2O6S. The predicted molar refractivity (Wildman–Crippen MR) is 101 cm³/mol. The molecule has 0 spiro atoms. The lowest BCUT2D eigenvalue weighted by atomic mass is 9.97. The largest absolute Gasteiger partial charge is 0.466 e. The lowest BCUT2D eigenvalue weighted by molar-refractivity contribution is -0.149. The fourth-order valence-electron chi connectivity index (χ4n) is 3.50. The van der Waals surface area contributed by atoms with Gasteiger partial charge in [0.2, 0.25) is 10.0 Å². The quantitative estimate of drug-likeness (QED) is 0.676. The zero-order chi connectivity index (χ0) is 20.1. The van der Waals surface area contributed by atoms with Crippen LogP contribution in [0.25, 0.3) is 0 Å². The number of sulfonamides is 1. The van der Waals surface area contributed by atoms with Crippen LogP contribution in [-0.4, -0.2) is 75.5 Å². The van der Waals surface area contributed by atoms with Crippen LogP contribution < -0.4 is 0 Å². The van der Waals surface area contributed by atoms with Crippen LogP contribution in [0.3, 0.4) is 0 Å². The lowest BCUT2D eigenvalue weighted by Gasteiger charge is -2.31. The molecule has 1 atom stereocenters. The smallest absolute Gasteiger partial charge is 0.310 e. The summed E-state index contributed by atoms with van der Waals surface area (Å²) in [6.07, 6.45) is 1.44. The maximum Gasteiger partial charge on any atom is 0.310 e. The Labute approximate surface area is 165 Å². The van der Waals surface area contributed by atoms with Gasteiger partial charge in [-0.1, -0.05) is 0 Å². The summed E-state index contributed by atoms with van der Waals surface area (Å²) in [5.41, 5.74) is 0.408. The van der Waals surface area contributed by atoms with Crippen LogP contribution in [0, 0.1) is 5.92 Å². The van der Waals surface area contributed by atoms with Crippen molar-refractivity contribution < 1.29 is 27.5 Å². The second-order valence-corrected chi connectivity index (χ2v) is 8.82. The number of likely N-dealkylation sites (tertiary alicyclic amines) is 1. The van der Waals surface area contributed by atoms with Crippen molar-refractivity contribution >= 4 is 21.9 Å². The van der Waals surface area contributed by atoms with E-state index in [1.807, 2.05) is 0 Å². The standard InChI is InChI=1S/C19H26N2O6S/c1-2-27-19(23)16-4-3-9-20(14-16)18(22)15-5-7-17(8-6-15)28(24,25)21-10-12-26-13-11-21/h5-8,16H,2-4,9-14H2,1H3/t16-/m0/s1. The highest BCUT2D eigenvalue weighted by atomic mass is 32.2. The number of rotatable bonds is 5. The third kappa shape index (κ3) is 4.53. The van der Waals surface area contributed by atoms with Crippen molar-refractivity contribution in [2.75, 3.05) is 46.0 Å². The Morgan fingerprint density at radius 2 is 1.82 bits per heavy atom. The Balaban J connectivity index is 1.69. The van der Waals surface area contributed by atoms with E-state index in [2.05, 4.69) is 0 Å². The topological polar surface area (TPSA) is 93.2 Å². The first-order chi connectivity index (χ1) is 13.4. The predicted octanol–water partition coefficient (Wildman–Crippen LogP) is 1.12. The molecule has 1 aromatic rings. The van der Waals surface area contributed by atoms with Crippen LogP contribution in [0.2, 0.25) is 0 Å². The molecule has 1 aromatic carbocycles. The minimum Gasteiger partial charge on any atom is -0.466 e. The normalized spacial score (nSPS) is 21.3. The van der Waals surface area contributed by atoms with E-state index in [-0.39, 0.29) is 22.7 Å². The zero-order valence-corrected chi connectivity index (χ0v) is 16.8. The molecule has 0 aliphatic carbocycles. The number of carbonyl (C=O) groups excluding carboxylic acids is 2. The van der Waals surface area contributed by atoms with Crippen LogP contribution in [0.4, 0.5) is 0 Å². The molecule has 0 aromatic heterocycles. The second kappa shape index (κ2) is 9.02. The van der Waals surface area contributed by atoms with E-state index in [1.165, 1.54) is 28.6 Å². The van der Waals surface area contributed by atoms with Crippen molar-refractivity contribution in [3.8, 4) is 0 Å². The summed E-state index contributed by atoms with van der Waals surface area (Å²) in [6.45, 7) is 4.39. The number of benzene rings is 1. The molecule has 2 aliphatic rings. The van der Waals surface area contributed by atoms with Gasteiger partial charge in [-0.05, 0) is 44.0 Å². The summed E-state index contributed by atoms with van der Waals surface area (Å²) >= 11 is 0. The highest BCUT2D eigenvalue weighted by Crippen LogP contribution is 2.22. The van der Waals surface area contributed by atoms with E-state index in [0.29, 0.717) is 58.0 Å². The van der Waals surface area contributed by atoms with Gasteiger partial charge in [-0.15, -0.1) is 0 Å². The Hall–Kier alpha value is -1.97. The molecule has 3 rings (SSSR count). The van der Waals surface area contributed by atoms with Crippen molar-refractivity contribution in [1.82, 2.24) is 9.21 Å². The molecule has 154 valence electrons. The van der Waals surface area contributed by atoms with Crippen molar-refractivity contribution in [1.29, 1.82) is 0 Å². The SMILES string of the molecule is CCOC(=O)[C@H]1CCCN(C(=O)c2ccc(S(=O)(=O)N3CCOCC3)cc2)C1. The molecule has 2 aliphatic heterocycles. The van der Waals surface area contributed by atoms with Gasteiger partial charge in [0, 0.05) is 31.7 Å². The molecule has 28 heavy (non-hydrogen) atoms. The van der Waals surface area contributed by atoms with E-state index in [9.17, 15) is 18.0 Å². The van der Waals surface area contributed by atoms with Crippen molar-refractivity contribution in [2.45, 2.75) is 24.7 Å². The first-order valence-electron chi connectivity index (χ1n) is 9.57. The highest BCUT2D eigenvalue weighted by Gasteiger charge is 2.30. The molecule has 9 heteroatoms. The number of hydrogen-bond acceptors (Lipinski definition) is 6. The van der Waals surface area contributed by atoms with Gasteiger partial charge in [-0.3, -0.25) is 9.59 Å². The van der Waals surface area contributed by atoms with E-state index < -0.39 is 10.0 Å². The summed E-state index contributed by atoms with van der Waals surface area (Å²) in [5, 5.41) is 0. The van der Waals surface area contributed by atoms with Gasteiger partial charge >= 0.3 is 5.97 Å². The average molecular weight is 410 g/mol. The number of nitrogens with zero attached hydrogens (tertiary/aromatic N) is 2. The minimum atomic E-state index is -3.59. The van der Waals surface area contributed by atoms with Crippen LogP contribution in [0.5, 0.6) is 0 Å². The molecule has 0 radical (unpaired) electrons. The van der Waals surface area contributed by atoms with Gasteiger partial charge in [0.25, 0.3) is 5.91 Å². The highest BCUT2D eigenvalue weighted by molar-refractivity contribution is 7.89. The van der Waals surface area contributed by atoms with Crippen LogP contribution >= 0.6 is 0 Å². The third-order valence-corrected chi connectivity index (χ3v) is 6.95. The van der Waals surface area contributed by atoms with E-state index >= 15 is 0 Å². The number of morpholine rings is 1. The second-order valence-electron chi connectivity index (χ2n) is 6.88. The van der Waals surface area contributed by atoms with Crippen molar-refractivity contribution in [2.24, 2.45) is 5.92 Å². The molecule has 2 saturated heterocycles. The molecule has 0 bridgehead atoms. The fourth-order valence-corrected chi connectivity index (χ4v) is 4.91. The summed E-state index contributed by atoms with van der Waals surface area (Å²) in [4.78, 5) is 26.6. The summed E-state index contributed by atoms with van der Waals surface area (Å²) in [5.74, 6) is -0.783. The number of esters is 1. The van der Waals surface area contributed by atoms with Gasteiger partial charge < -0.3 is 14.4 Å². The van der Waals surface area contributed by atoms with Crippen molar-refractivity contribution in [3.63, 3.8) is 0 Å². The average Bonchev–Trinajstić information content (AvgIpc) is 2.74. The van der Waals surface area contributed by atoms with E-state index in [4.69, 9.17) is 9.47 Å². The maximum absolute atomic E-state index is 12.8. The van der Waals surface area contributed by atoms with E-state index in [0.717, 1.165) is 6.42 Å². The van der Waals surface area contributed by atoms with Crippen LogP contribution in [0.1, 0.15) is 30.1 Å².